The molecule has 112 valence electrons. The summed E-state index contributed by atoms with van der Waals surface area (Å²) < 4.78 is 0. The Morgan fingerprint density at radius 3 is 2.95 bits per heavy atom. The molecular formula is C15H24N2O2S. The molecular weight excluding hydrogens is 272 g/mol. The lowest BCUT2D eigenvalue weighted by atomic mass is 9.94. The Balaban J connectivity index is 2.07. The van der Waals surface area contributed by atoms with Crippen molar-refractivity contribution in [2.45, 2.75) is 51.1 Å². The minimum absolute atomic E-state index is 0.0429. The average molecular weight is 296 g/mol. The number of hydrogen-bond acceptors (Lipinski definition) is 3. The van der Waals surface area contributed by atoms with Crippen LogP contribution in [0.2, 0.25) is 0 Å². The van der Waals surface area contributed by atoms with E-state index in [1.54, 1.807) is 11.3 Å². The van der Waals surface area contributed by atoms with E-state index in [0.717, 1.165) is 32.2 Å². The van der Waals surface area contributed by atoms with Crippen LogP contribution in [0.15, 0.2) is 17.5 Å². The molecule has 5 heteroatoms. The largest absolute Gasteiger partial charge is 0.394 e. The zero-order valence-electron chi connectivity index (χ0n) is 12.3. The van der Waals surface area contributed by atoms with Gasteiger partial charge in [0.1, 0.15) is 0 Å². The first-order valence-electron chi connectivity index (χ1n) is 7.39. The molecule has 20 heavy (non-hydrogen) atoms. The van der Waals surface area contributed by atoms with Crippen molar-refractivity contribution in [3.63, 3.8) is 0 Å². The van der Waals surface area contributed by atoms with Gasteiger partial charge in [-0.3, -0.25) is 0 Å². The first kappa shape index (κ1) is 15.3. The smallest absolute Gasteiger partial charge is 0.318 e. The molecule has 0 spiro atoms. The highest BCUT2D eigenvalue weighted by atomic mass is 32.1. The maximum absolute atomic E-state index is 12.6. The van der Waals surface area contributed by atoms with Gasteiger partial charge in [-0.15, -0.1) is 11.3 Å². The molecule has 2 amide bonds. The van der Waals surface area contributed by atoms with Gasteiger partial charge in [-0.1, -0.05) is 19.9 Å². The van der Waals surface area contributed by atoms with Gasteiger partial charge < -0.3 is 15.3 Å². The van der Waals surface area contributed by atoms with Crippen LogP contribution in [0.4, 0.5) is 4.79 Å². The summed E-state index contributed by atoms with van der Waals surface area (Å²) in [5, 5.41) is 14.8. The Hall–Kier alpha value is -1.07. The molecule has 1 aromatic rings. The molecule has 2 heterocycles. The van der Waals surface area contributed by atoms with Crippen molar-refractivity contribution >= 4 is 17.4 Å². The van der Waals surface area contributed by atoms with Gasteiger partial charge in [0.15, 0.2) is 0 Å². The molecule has 2 rings (SSSR count). The summed E-state index contributed by atoms with van der Waals surface area (Å²) in [7, 11) is 0. The maximum atomic E-state index is 12.6. The summed E-state index contributed by atoms with van der Waals surface area (Å²) in [5.41, 5.74) is -0.363. The van der Waals surface area contributed by atoms with Crippen LogP contribution in [0.3, 0.4) is 0 Å². The number of carbonyl (C=O) groups excluding carboxylic acids is 1. The third-order valence-electron chi connectivity index (χ3n) is 4.39. The van der Waals surface area contributed by atoms with E-state index in [1.165, 1.54) is 4.88 Å². The second-order valence-electron chi connectivity index (χ2n) is 5.42. The molecule has 0 bridgehead atoms. The minimum atomic E-state index is -0.363. The van der Waals surface area contributed by atoms with Crippen molar-refractivity contribution in [1.82, 2.24) is 10.2 Å². The maximum Gasteiger partial charge on any atom is 0.318 e. The molecule has 1 aliphatic rings. The van der Waals surface area contributed by atoms with Crippen LogP contribution in [0.5, 0.6) is 0 Å². The van der Waals surface area contributed by atoms with Gasteiger partial charge >= 0.3 is 6.03 Å². The molecule has 1 saturated heterocycles. The molecule has 4 nitrogen and oxygen atoms in total. The minimum Gasteiger partial charge on any atom is -0.394 e. The van der Waals surface area contributed by atoms with Gasteiger partial charge in [0.2, 0.25) is 0 Å². The van der Waals surface area contributed by atoms with Gasteiger partial charge in [0.25, 0.3) is 0 Å². The van der Waals surface area contributed by atoms with Crippen molar-refractivity contribution < 1.29 is 9.90 Å². The van der Waals surface area contributed by atoms with E-state index < -0.39 is 0 Å². The quantitative estimate of drug-likeness (QED) is 0.877. The van der Waals surface area contributed by atoms with Crippen LogP contribution >= 0.6 is 11.3 Å². The highest BCUT2D eigenvalue weighted by Crippen LogP contribution is 2.32. The third-order valence-corrected chi connectivity index (χ3v) is 5.37. The Bertz CT molecular complexity index is 429. The lowest BCUT2D eigenvalue weighted by Crippen LogP contribution is -2.53. The molecule has 1 fully saturated rings. The number of amides is 2. The van der Waals surface area contributed by atoms with Gasteiger partial charge in [-0.05, 0) is 37.1 Å². The van der Waals surface area contributed by atoms with E-state index in [1.807, 2.05) is 23.3 Å². The van der Waals surface area contributed by atoms with Crippen molar-refractivity contribution in [2.75, 3.05) is 13.2 Å². The Labute approximate surface area is 124 Å². The number of thiophene rings is 1. The predicted octanol–water partition coefficient (Wildman–Crippen LogP) is 3.15. The van der Waals surface area contributed by atoms with E-state index in [0.29, 0.717) is 0 Å². The lowest BCUT2D eigenvalue weighted by molar-refractivity contribution is 0.0796. The number of likely N-dealkylation sites (tertiary alicyclic amines) is 1. The molecule has 2 unspecified atom stereocenters. The topological polar surface area (TPSA) is 52.6 Å². The Morgan fingerprint density at radius 1 is 1.60 bits per heavy atom. The monoisotopic (exact) mass is 296 g/mol. The van der Waals surface area contributed by atoms with E-state index >= 15 is 0 Å². The second-order valence-corrected chi connectivity index (χ2v) is 6.40. The highest BCUT2D eigenvalue weighted by Gasteiger charge is 2.42. The zero-order chi connectivity index (χ0) is 14.6. The first-order chi connectivity index (χ1) is 9.66. The number of carbonyl (C=O) groups is 1. The lowest BCUT2D eigenvalue weighted by Gasteiger charge is -2.37. The number of aliphatic hydroxyl groups is 1. The fourth-order valence-electron chi connectivity index (χ4n) is 2.99. The van der Waals surface area contributed by atoms with E-state index in [-0.39, 0.29) is 24.2 Å². The van der Waals surface area contributed by atoms with Gasteiger partial charge in [0, 0.05) is 11.4 Å². The molecule has 0 aliphatic carbocycles. The summed E-state index contributed by atoms with van der Waals surface area (Å²) in [6.45, 7) is 4.90. The number of aliphatic hydroxyl groups excluding tert-OH is 1. The summed E-state index contributed by atoms with van der Waals surface area (Å²) >= 11 is 1.67. The summed E-state index contributed by atoms with van der Waals surface area (Å²) in [6, 6.07) is 4.09. The van der Waals surface area contributed by atoms with Crippen molar-refractivity contribution in [1.29, 1.82) is 0 Å². The van der Waals surface area contributed by atoms with E-state index in [2.05, 4.69) is 18.3 Å². The number of rotatable bonds is 5. The molecule has 1 aliphatic heterocycles. The second kappa shape index (κ2) is 6.59. The molecule has 0 saturated carbocycles. The fraction of sp³-hybridized carbons (Fsp3) is 0.667. The third kappa shape index (κ3) is 2.83. The predicted molar refractivity (Wildman–Crippen MR) is 81.9 cm³/mol. The SMILES string of the molecule is CCC(NC(=O)N1CCCC1(CC)CO)c1cccs1. The number of hydrogen-bond donors (Lipinski definition) is 2. The zero-order valence-corrected chi connectivity index (χ0v) is 13.1. The van der Waals surface area contributed by atoms with Gasteiger partial charge in [-0.2, -0.15) is 0 Å². The number of nitrogens with one attached hydrogen (secondary N) is 1. The Morgan fingerprint density at radius 2 is 2.40 bits per heavy atom. The van der Waals surface area contributed by atoms with Crippen molar-refractivity contribution in [2.24, 2.45) is 0 Å². The summed E-state index contributed by atoms with van der Waals surface area (Å²) in [4.78, 5) is 15.6. The van der Waals surface area contributed by atoms with Crippen LogP contribution in [0.25, 0.3) is 0 Å². The normalized spacial score (nSPS) is 23.9. The first-order valence-corrected chi connectivity index (χ1v) is 8.27. The van der Waals surface area contributed by atoms with Crippen LogP contribution < -0.4 is 5.32 Å². The highest BCUT2D eigenvalue weighted by molar-refractivity contribution is 7.10. The van der Waals surface area contributed by atoms with Crippen LogP contribution in [0.1, 0.15) is 50.4 Å². The van der Waals surface area contributed by atoms with Crippen LogP contribution in [-0.4, -0.2) is 34.7 Å². The van der Waals surface area contributed by atoms with Crippen LogP contribution in [-0.2, 0) is 0 Å². The molecule has 0 radical (unpaired) electrons. The summed E-state index contributed by atoms with van der Waals surface area (Å²) in [6.07, 6.45) is 3.53. The Kier molecular flexibility index (Phi) is 5.05. The van der Waals surface area contributed by atoms with E-state index in [4.69, 9.17) is 0 Å². The fourth-order valence-corrected chi connectivity index (χ4v) is 3.85. The standard InChI is InChI=1S/C15H24N2O2S/c1-3-12(13-7-5-10-20-13)16-14(19)17-9-6-8-15(17,4-2)11-18/h5,7,10,12,18H,3-4,6,8-9,11H2,1-2H3,(H,16,19). The summed E-state index contributed by atoms with van der Waals surface area (Å²) in [5.74, 6) is 0. The molecule has 2 atom stereocenters. The van der Waals surface area contributed by atoms with Crippen LogP contribution in [0, 0.1) is 0 Å². The molecule has 2 N–H and O–H groups in total. The average Bonchev–Trinajstić information content (AvgIpc) is 3.13. The van der Waals surface area contributed by atoms with Crippen molar-refractivity contribution in [3.05, 3.63) is 22.4 Å². The number of urea groups is 1. The van der Waals surface area contributed by atoms with Gasteiger partial charge in [0.05, 0.1) is 18.2 Å². The van der Waals surface area contributed by atoms with Crippen molar-refractivity contribution in [3.8, 4) is 0 Å². The van der Waals surface area contributed by atoms with Gasteiger partial charge in [-0.25, -0.2) is 4.79 Å². The molecule has 0 aromatic carbocycles. The molecule has 1 aromatic heterocycles. The van der Waals surface area contributed by atoms with E-state index in [9.17, 15) is 9.90 Å². The number of nitrogens with zero attached hydrogens (tertiary/aromatic N) is 1.